The van der Waals surface area contributed by atoms with Crippen LogP contribution < -0.4 is 113 Å². The maximum atomic E-state index is 10.7. The summed E-state index contributed by atoms with van der Waals surface area (Å²) in [6, 6.07) is 6.37. The van der Waals surface area contributed by atoms with E-state index >= 15 is 0 Å². The van der Waals surface area contributed by atoms with E-state index in [1.165, 1.54) is 12.1 Å². The van der Waals surface area contributed by atoms with Crippen LogP contribution in [0.15, 0.2) is 29.2 Å². The summed E-state index contributed by atoms with van der Waals surface area (Å²) in [6.07, 6.45) is -2.33. The largest absolute Gasteiger partial charge is 1.00 e. The number of hydrogen-bond donors (Lipinski definition) is 0. The Hall–Kier alpha value is 2.00. The molecule has 0 N–H and O–H groups in total. The van der Waals surface area contributed by atoms with E-state index in [9.17, 15) is 8.42 Å². The number of carbonyl (C=O) groups is 1. The second kappa shape index (κ2) is 11.8. The third-order valence-electron chi connectivity index (χ3n) is 1.30. The van der Waals surface area contributed by atoms with Crippen molar-refractivity contribution in [1.29, 1.82) is 0 Å². The van der Waals surface area contributed by atoms with Crippen LogP contribution in [0.4, 0.5) is 4.79 Å². The van der Waals surface area contributed by atoms with Gasteiger partial charge in [0.15, 0.2) is 0 Å². The van der Waals surface area contributed by atoms with E-state index < -0.39 is 15.2 Å². The predicted octanol–water partition coefficient (Wildman–Crippen LogP) is -6.52. The van der Waals surface area contributed by atoms with Gasteiger partial charge in [-0.2, -0.15) is 0 Å². The molecule has 0 fully saturated rings. The van der Waals surface area contributed by atoms with Crippen molar-refractivity contribution >= 4 is 25.9 Å². The monoisotopic (exact) mass is 328 g/mol. The summed E-state index contributed by atoms with van der Waals surface area (Å²) in [4.78, 5) is 8.48. The molecule has 0 unspecified atom stereocenters. The second-order valence-corrected chi connectivity index (χ2v) is 5.07. The fourth-order valence-corrected chi connectivity index (χ4v) is 1.47. The van der Waals surface area contributed by atoms with Gasteiger partial charge < -0.3 is 15.0 Å². The summed E-state index contributed by atoms with van der Waals surface area (Å²) < 4.78 is 21.4. The number of rotatable bonds is 1. The molecule has 0 amide bonds. The van der Waals surface area contributed by atoms with Crippen molar-refractivity contribution in [3.05, 3.63) is 29.8 Å². The van der Waals surface area contributed by atoms with E-state index in [0.29, 0.717) is 0 Å². The smallest absolute Gasteiger partial charge is 0.652 e. The van der Waals surface area contributed by atoms with Gasteiger partial charge >= 0.3 is 103 Å². The fraction of sp³-hybridized carbons (Fsp3) is 0.125. The molecule has 0 saturated carbocycles. The average Bonchev–Trinajstić information content (AvgIpc) is 2.01. The van der Waals surface area contributed by atoms with Gasteiger partial charge in [-0.3, -0.25) is 0 Å². The number of carboxylic acid groups (broad SMARTS) is 2. The first-order valence-corrected chi connectivity index (χ1v) is 5.93. The van der Waals surface area contributed by atoms with E-state index in [-0.39, 0.29) is 108 Å². The van der Waals surface area contributed by atoms with E-state index in [2.05, 4.69) is 0 Å². The van der Waals surface area contributed by atoms with Crippen molar-refractivity contribution < 1.29 is 126 Å². The molecule has 1 aromatic rings. The molecule has 0 bridgehead atoms. The summed E-state index contributed by atoms with van der Waals surface area (Å²) in [5.74, 6) is 0. The van der Waals surface area contributed by atoms with Crippen LogP contribution in [0.2, 0.25) is 0 Å². The zero-order chi connectivity index (χ0) is 12.1. The SMILES string of the molecule is Cc1ccc(S(=O)(=O)Cl)cc1.O=C([O-])[O-].[K+].[K+]. The molecule has 9 heteroatoms. The number of aryl methyl sites for hydroxylation is 1. The van der Waals surface area contributed by atoms with Gasteiger partial charge in [0.25, 0.3) is 9.05 Å². The normalized spacial score (nSPS) is 8.82. The fourth-order valence-electron chi connectivity index (χ4n) is 0.701. The van der Waals surface area contributed by atoms with Crippen LogP contribution in [0, 0.1) is 6.92 Å². The molecule has 0 heterocycles. The number of halogens is 1. The maximum Gasteiger partial charge on any atom is 1.00 e. The molecule has 0 radical (unpaired) electrons. The average molecular weight is 329 g/mol. The second-order valence-electron chi connectivity index (χ2n) is 2.50. The molecule has 0 atom stereocenters. The first-order valence-electron chi connectivity index (χ1n) is 3.63. The molecule has 1 aromatic carbocycles. The van der Waals surface area contributed by atoms with Crippen LogP contribution in [0.5, 0.6) is 0 Å². The molecule has 0 aliphatic rings. The third-order valence-corrected chi connectivity index (χ3v) is 2.67. The first kappa shape index (κ1) is 24.0. The molecule has 0 spiro atoms. The minimum atomic E-state index is -3.55. The molecule has 0 saturated heterocycles. The maximum absolute atomic E-state index is 10.7. The Kier molecular flexibility index (Phi) is 16.7. The molecular formula is C8H7ClK2O5S. The number of carbonyl (C=O) groups excluding carboxylic acids is 1. The van der Waals surface area contributed by atoms with E-state index in [0.717, 1.165) is 5.56 Å². The van der Waals surface area contributed by atoms with Crippen molar-refractivity contribution in [2.45, 2.75) is 11.8 Å². The van der Waals surface area contributed by atoms with Gasteiger partial charge in [0, 0.05) is 10.7 Å². The molecule has 17 heavy (non-hydrogen) atoms. The van der Waals surface area contributed by atoms with E-state index in [4.69, 9.17) is 25.7 Å². The van der Waals surface area contributed by atoms with Gasteiger partial charge in [0.2, 0.25) is 0 Å². The summed E-state index contributed by atoms with van der Waals surface area (Å²) in [7, 11) is 1.54. The van der Waals surface area contributed by atoms with Gasteiger partial charge in [-0.25, -0.2) is 8.42 Å². The summed E-state index contributed by atoms with van der Waals surface area (Å²) in [5, 5.41) is 16.7. The van der Waals surface area contributed by atoms with Gasteiger partial charge in [-0.1, -0.05) is 17.7 Å². The summed E-state index contributed by atoms with van der Waals surface area (Å²) >= 11 is 0. The van der Waals surface area contributed by atoms with Crippen LogP contribution in [-0.2, 0) is 9.05 Å². The molecule has 5 nitrogen and oxygen atoms in total. The quantitative estimate of drug-likeness (QED) is 0.377. The Morgan fingerprint density at radius 1 is 1.12 bits per heavy atom. The van der Waals surface area contributed by atoms with Crippen molar-refractivity contribution in [3.8, 4) is 0 Å². The molecule has 0 aromatic heterocycles. The Bertz CT molecular complexity index is 428. The van der Waals surface area contributed by atoms with Crippen LogP contribution in [-0.4, -0.2) is 14.6 Å². The van der Waals surface area contributed by atoms with Crippen LogP contribution in [0.1, 0.15) is 5.56 Å². The zero-order valence-electron chi connectivity index (χ0n) is 9.64. The Labute approximate surface area is 189 Å². The standard InChI is InChI=1S/C7H7ClO2S.CH2O3.2K/c1-6-2-4-7(5-3-6)11(8,9)10;2-1(3)4;;/h2-5H,1H3;(H2,2,3,4);;/q;;2*+1/p-2. The molecule has 0 aliphatic heterocycles. The van der Waals surface area contributed by atoms with Crippen LogP contribution in [0.25, 0.3) is 0 Å². The Morgan fingerprint density at radius 3 is 1.65 bits per heavy atom. The van der Waals surface area contributed by atoms with Crippen LogP contribution >= 0.6 is 10.7 Å². The van der Waals surface area contributed by atoms with E-state index in [1.54, 1.807) is 12.1 Å². The molecule has 1 rings (SSSR count). The van der Waals surface area contributed by atoms with Crippen LogP contribution in [0.3, 0.4) is 0 Å². The minimum Gasteiger partial charge on any atom is -0.652 e. The Morgan fingerprint density at radius 2 is 1.41 bits per heavy atom. The summed E-state index contributed by atoms with van der Waals surface area (Å²) in [5.41, 5.74) is 1.01. The van der Waals surface area contributed by atoms with E-state index in [1.807, 2.05) is 6.92 Å². The number of benzene rings is 1. The number of hydrogen-bond acceptors (Lipinski definition) is 5. The molecular weight excluding hydrogens is 322 g/mol. The Balaban J connectivity index is -0.000000289. The van der Waals surface area contributed by atoms with Gasteiger partial charge in [-0.05, 0) is 25.2 Å². The third kappa shape index (κ3) is 14.2. The van der Waals surface area contributed by atoms with Crippen molar-refractivity contribution in [3.63, 3.8) is 0 Å². The topological polar surface area (TPSA) is 97.3 Å². The molecule has 84 valence electrons. The minimum absolute atomic E-state index is 0. The first-order chi connectivity index (χ1) is 6.73. The van der Waals surface area contributed by atoms with Gasteiger partial charge in [0.1, 0.15) is 0 Å². The predicted molar refractivity (Wildman–Crippen MR) is 49.6 cm³/mol. The zero-order valence-corrected chi connectivity index (χ0v) is 17.5. The van der Waals surface area contributed by atoms with Crippen molar-refractivity contribution in [2.75, 3.05) is 0 Å². The van der Waals surface area contributed by atoms with Gasteiger partial charge in [-0.15, -0.1) is 0 Å². The van der Waals surface area contributed by atoms with Crippen molar-refractivity contribution in [1.82, 2.24) is 0 Å². The van der Waals surface area contributed by atoms with Crippen molar-refractivity contribution in [2.24, 2.45) is 0 Å². The molecule has 0 aliphatic carbocycles. The summed E-state index contributed by atoms with van der Waals surface area (Å²) in [6.45, 7) is 1.88. The van der Waals surface area contributed by atoms with Gasteiger partial charge in [0.05, 0.1) is 4.90 Å².